The van der Waals surface area contributed by atoms with Crippen LogP contribution in [-0.2, 0) is 13.0 Å². The van der Waals surface area contributed by atoms with E-state index in [1.165, 1.54) is 28.9 Å². The summed E-state index contributed by atoms with van der Waals surface area (Å²) in [5.41, 5.74) is 14.0. The van der Waals surface area contributed by atoms with E-state index in [1.54, 1.807) is 54.6 Å². The van der Waals surface area contributed by atoms with Crippen molar-refractivity contribution >= 4 is 28.8 Å². The first-order valence-corrected chi connectivity index (χ1v) is 13.4. The first-order valence-electron chi connectivity index (χ1n) is 13.4. The lowest BCUT2D eigenvalue weighted by Gasteiger charge is -2.12. The number of carbonyl (C=O) groups excluding carboxylic acids is 1. The number of hydrogen-bond acceptors (Lipinski definition) is 9. The van der Waals surface area contributed by atoms with E-state index < -0.39 is 23.5 Å². The van der Waals surface area contributed by atoms with Gasteiger partial charge in [-0.1, -0.05) is 42.5 Å². The highest BCUT2D eigenvalue weighted by molar-refractivity contribution is 5.80. The molecule has 14 heteroatoms. The molecule has 0 radical (unpaired) electrons. The van der Waals surface area contributed by atoms with Crippen LogP contribution in [0.25, 0.3) is 17.0 Å². The molecule has 3 aromatic carbocycles. The first-order chi connectivity index (χ1) is 21.7. The number of fused-ring (bicyclic) bond motifs is 1. The number of halogens is 3. The van der Waals surface area contributed by atoms with Crippen LogP contribution in [0.2, 0.25) is 0 Å². The van der Waals surface area contributed by atoms with Crippen molar-refractivity contribution in [2.24, 2.45) is 0 Å². The van der Waals surface area contributed by atoms with Crippen molar-refractivity contribution in [1.29, 1.82) is 0 Å². The minimum Gasteiger partial charge on any atom is -0.454 e. The molecule has 0 aliphatic rings. The lowest BCUT2D eigenvalue weighted by atomic mass is 10.1. The van der Waals surface area contributed by atoms with Crippen molar-refractivity contribution in [1.82, 2.24) is 30.0 Å². The maximum atomic E-state index is 14.3. The van der Waals surface area contributed by atoms with Crippen molar-refractivity contribution in [3.8, 4) is 23.2 Å². The van der Waals surface area contributed by atoms with Crippen LogP contribution in [0.15, 0.2) is 85.1 Å². The van der Waals surface area contributed by atoms with E-state index in [2.05, 4.69) is 25.4 Å². The van der Waals surface area contributed by atoms with Crippen molar-refractivity contribution in [3.63, 3.8) is 0 Å². The number of nitrogens with zero attached hydrogens (tertiary/aromatic N) is 5. The number of nitrogens with two attached hydrogens (primary N) is 2. The Bertz CT molecular complexity index is 2030. The maximum absolute atomic E-state index is 14.3. The average Bonchev–Trinajstić information content (AvgIpc) is 3.37. The normalized spacial score (nSPS) is 11.0. The largest absolute Gasteiger partial charge is 0.454 e. The van der Waals surface area contributed by atoms with Crippen molar-refractivity contribution in [2.45, 2.75) is 13.0 Å². The van der Waals surface area contributed by atoms with Gasteiger partial charge < -0.3 is 26.3 Å². The Morgan fingerprint density at radius 2 is 1.62 bits per heavy atom. The van der Waals surface area contributed by atoms with Crippen LogP contribution in [0.3, 0.4) is 0 Å². The van der Waals surface area contributed by atoms with E-state index in [9.17, 15) is 18.0 Å². The second-order valence-corrected chi connectivity index (χ2v) is 9.69. The molecule has 5 N–H and O–H groups in total. The molecule has 226 valence electrons. The van der Waals surface area contributed by atoms with Gasteiger partial charge in [0.05, 0.1) is 17.4 Å². The van der Waals surface area contributed by atoms with E-state index in [-0.39, 0.29) is 47.6 Å². The SMILES string of the molecule is Nc1nc(-n2nc(Cc3ccccc3F)c3ncc(F)cc32)nc(N)c1OC(=O)NCc1cccc(Oc2ccccc2F)c1. The highest BCUT2D eigenvalue weighted by Crippen LogP contribution is 2.29. The van der Waals surface area contributed by atoms with Crippen LogP contribution >= 0.6 is 0 Å². The van der Waals surface area contributed by atoms with E-state index in [0.29, 0.717) is 28.1 Å². The third kappa shape index (κ3) is 6.29. The van der Waals surface area contributed by atoms with E-state index in [4.69, 9.17) is 20.9 Å². The third-order valence-electron chi connectivity index (χ3n) is 6.56. The van der Waals surface area contributed by atoms with E-state index in [0.717, 1.165) is 6.20 Å². The Morgan fingerprint density at radius 1 is 0.889 bits per heavy atom. The third-order valence-corrected chi connectivity index (χ3v) is 6.56. The predicted molar refractivity (Wildman–Crippen MR) is 158 cm³/mol. The summed E-state index contributed by atoms with van der Waals surface area (Å²) in [4.78, 5) is 25.1. The number of amides is 1. The molecule has 0 aliphatic heterocycles. The Morgan fingerprint density at radius 3 is 2.38 bits per heavy atom. The Kier molecular flexibility index (Phi) is 7.84. The number of para-hydroxylation sites is 1. The summed E-state index contributed by atoms with van der Waals surface area (Å²) >= 11 is 0. The molecule has 6 aromatic rings. The molecule has 6 rings (SSSR count). The number of benzene rings is 3. The summed E-state index contributed by atoms with van der Waals surface area (Å²) in [5.74, 6) is -2.22. The summed E-state index contributed by atoms with van der Waals surface area (Å²) in [6.45, 7) is 0.0225. The maximum Gasteiger partial charge on any atom is 0.413 e. The number of anilines is 2. The molecule has 0 fully saturated rings. The van der Waals surface area contributed by atoms with E-state index >= 15 is 0 Å². The molecule has 0 aliphatic carbocycles. The monoisotopic (exact) mass is 612 g/mol. The Balaban J connectivity index is 1.19. The fourth-order valence-electron chi connectivity index (χ4n) is 4.48. The molecule has 0 saturated heterocycles. The van der Waals surface area contributed by atoms with Gasteiger partial charge in [0.25, 0.3) is 5.95 Å². The smallest absolute Gasteiger partial charge is 0.413 e. The molecular formula is C31H23F3N8O3. The minimum absolute atomic E-state index is 0.0225. The zero-order chi connectivity index (χ0) is 31.5. The van der Waals surface area contributed by atoms with Gasteiger partial charge in [0.15, 0.2) is 23.2 Å². The molecule has 0 saturated carbocycles. The summed E-state index contributed by atoms with van der Waals surface area (Å²) < 4.78 is 54.5. The minimum atomic E-state index is -0.909. The van der Waals surface area contributed by atoms with Gasteiger partial charge in [-0.3, -0.25) is 0 Å². The highest BCUT2D eigenvalue weighted by Gasteiger charge is 2.21. The van der Waals surface area contributed by atoms with E-state index in [1.807, 2.05) is 0 Å². The second kappa shape index (κ2) is 12.2. The molecule has 45 heavy (non-hydrogen) atoms. The van der Waals surface area contributed by atoms with Crippen molar-refractivity contribution in [3.05, 3.63) is 119 Å². The van der Waals surface area contributed by atoms with Gasteiger partial charge in [-0.15, -0.1) is 0 Å². The van der Waals surface area contributed by atoms with Gasteiger partial charge >= 0.3 is 6.09 Å². The summed E-state index contributed by atoms with van der Waals surface area (Å²) in [5, 5.41) is 7.00. The molecule has 0 spiro atoms. The quantitative estimate of drug-likeness (QED) is 0.203. The number of nitrogens with one attached hydrogen (secondary N) is 1. The molecule has 0 atom stereocenters. The van der Waals surface area contributed by atoms with Crippen molar-refractivity contribution < 1.29 is 27.4 Å². The standard InChI is InChI=1S/C31H23F3N8O3/c32-19-14-24-26(37-16-19)23(13-18-7-1-2-9-21(18)33)41-42(24)30-39-28(35)27(29(36)40-30)45-31(43)38-15-17-6-5-8-20(12-17)44-25-11-4-3-10-22(25)34/h1-12,14,16H,13,15H2,(H,38,43)(H4,35,36,39,40). The van der Waals surface area contributed by atoms with Gasteiger partial charge in [-0.2, -0.15) is 19.7 Å². The fraction of sp³-hybridized carbons (Fsp3) is 0.0645. The van der Waals surface area contributed by atoms with Gasteiger partial charge in [-0.05, 0) is 41.5 Å². The first kappa shape index (κ1) is 28.9. The van der Waals surface area contributed by atoms with Crippen LogP contribution in [-0.4, -0.2) is 30.8 Å². The summed E-state index contributed by atoms with van der Waals surface area (Å²) in [6.07, 6.45) is 0.164. The van der Waals surface area contributed by atoms with Crippen LogP contribution in [0, 0.1) is 17.5 Å². The zero-order valence-corrected chi connectivity index (χ0v) is 23.2. The lowest BCUT2D eigenvalue weighted by molar-refractivity contribution is 0.200. The zero-order valence-electron chi connectivity index (χ0n) is 23.2. The van der Waals surface area contributed by atoms with Gasteiger partial charge in [0, 0.05) is 19.0 Å². The van der Waals surface area contributed by atoms with Crippen molar-refractivity contribution in [2.75, 3.05) is 11.5 Å². The number of aromatic nitrogens is 5. The summed E-state index contributed by atoms with van der Waals surface area (Å²) in [7, 11) is 0. The summed E-state index contributed by atoms with van der Waals surface area (Å²) in [6, 6.07) is 20.0. The molecule has 0 bridgehead atoms. The molecule has 1 amide bonds. The van der Waals surface area contributed by atoms with Crippen LogP contribution < -0.4 is 26.3 Å². The van der Waals surface area contributed by atoms with Crippen LogP contribution in [0.5, 0.6) is 17.2 Å². The highest BCUT2D eigenvalue weighted by atomic mass is 19.1. The fourth-order valence-corrected chi connectivity index (χ4v) is 4.48. The Labute approximate surface area is 253 Å². The average molecular weight is 613 g/mol. The number of carbonyl (C=O) groups is 1. The Hall–Kier alpha value is -6.18. The number of rotatable bonds is 8. The topological polar surface area (TPSA) is 156 Å². The molecule has 3 heterocycles. The lowest BCUT2D eigenvalue weighted by Crippen LogP contribution is -2.27. The van der Waals surface area contributed by atoms with Gasteiger partial charge in [0.2, 0.25) is 5.75 Å². The van der Waals surface area contributed by atoms with Crippen LogP contribution in [0.4, 0.5) is 29.6 Å². The number of pyridine rings is 1. The van der Waals surface area contributed by atoms with Gasteiger partial charge in [0.1, 0.15) is 22.9 Å². The molecule has 11 nitrogen and oxygen atoms in total. The second-order valence-electron chi connectivity index (χ2n) is 9.69. The molecule has 3 aromatic heterocycles. The number of ether oxygens (including phenoxy) is 2. The number of nitrogen functional groups attached to an aromatic ring is 2. The van der Waals surface area contributed by atoms with Gasteiger partial charge in [-0.25, -0.2) is 22.9 Å². The number of hydrogen-bond donors (Lipinski definition) is 3. The van der Waals surface area contributed by atoms with Crippen LogP contribution in [0.1, 0.15) is 16.8 Å². The molecule has 0 unspecified atom stereocenters. The molecular weight excluding hydrogens is 589 g/mol. The predicted octanol–water partition coefficient (Wildman–Crippen LogP) is 5.46.